The van der Waals surface area contributed by atoms with Crippen LogP contribution in [0.5, 0.6) is 0 Å². The molecule has 6 heteroatoms. The van der Waals surface area contributed by atoms with E-state index in [2.05, 4.69) is 0 Å². The Morgan fingerprint density at radius 1 is 0.867 bits per heavy atom. The van der Waals surface area contributed by atoms with Gasteiger partial charge in [0.25, 0.3) is 0 Å². The summed E-state index contributed by atoms with van der Waals surface area (Å²) in [5, 5.41) is 0. The van der Waals surface area contributed by atoms with Crippen molar-refractivity contribution >= 4 is 33.5 Å². The predicted molar refractivity (Wildman–Crippen MR) is 60.7 cm³/mol. The highest BCUT2D eigenvalue weighted by Crippen LogP contribution is 2.20. The lowest BCUT2D eigenvalue weighted by Gasteiger charge is -2.02. The van der Waals surface area contributed by atoms with Gasteiger partial charge in [0, 0.05) is 24.3 Å². The van der Waals surface area contributed by atoms with Gasteiger partial charge in [0.15, 0.2) is 0 Å². The van der Waals surface area contributed by atoms with Gasteiger partial charge in [0.05, 0.1) is 0 Å². The van der Waals surface area contributed by atoms with Gasteiger partial charge >= 0.3 is 11.9 Å². The highest BCUT2D eigenvalue weighted by molar-refractivity contribution is 8.76. The molecule has 0 saturated carbocycles. The van der Waals surface area contributed by atoms with E-state index >= 15 is 0 Å². The summed E-state index contributed by atoms with van der Waals surface area (Å²) in [7, 11) is 3.25. The monoisotopic (exact) mass is 250 g/mol. The summed E-state index contributed by atoms with van der Waals surface area (Å²) < 4.78 is 9.93. The van der Waals surface area contributed by atoms with E-state index in [4.69, 9.17) is 9.47 Å². The fourth-order valence-corrected chi connectivity index (χ4v) is 2.67. The summed E-state index contributed by atoms with van der Waals surface area (Å²) in [6.45, 7) is 0.899. The molecule has 1 saturated heterocycles. The second kappa shape index (κ2) is 7.87. The topological polar surface area (TPSA) is 52.6 Å². The molecule has 0 spiro atoms. The van der Waals surface area contributed by atoms with E-state index in [0.29, 0.717) is 32.5 Å². The fourth-order valence-electron chi connectivity index (χ4n) is 1.02. The van der Waals surface area contributed by atoms with Crippen LogP contribution in [0.15, 0.2) is 0 Å². The van der Waals surface area contributed by atoms with E-state index < -0.39 is 0 Å². The van der Waals surface area contributed by atoms with Crippen molar-refractivity contribution in [3.05, 3.63) is 0 Å². The molecule has 86 valence electrons. The summed E-state index contributed by atoms with van der Waals surface area (Å²) >= 11 is 0. The Labute approximate surface area is 96.8 Å². The van der Waals surface area contributed by atoms with Crippen LogP contribution < -0.4 is 0 Å². The lowest BCUT2D eigenvalue weighted by atomic mass is 10.2. The second-order valence-electron chi connectivity index (χ2n) is 2.94. The first-order chi connectivity index (χ1) is 7.29. The number of carbonyl (C=O) groups excluding carboxylic acids is 2. The Hall–Kier alpha value is -0.360. The standard InChI is InChI=1S/C9H14O4S2/c10-8-2-1-3-9(11)13-5-7-15-14-6-4-12-8/h1-7H2. The second-order valence-corrected chi connectivity index (χ2v) is 5.64. The molecule has 0 aliphatic carbocycles. The lowest BCUT2D eigenvalue weighted by Crippen LogP contribution is -2.09. The van der Waals surface area contributed by atoms with E-state index in [9.17, 15) is 9.59 Å². The van der Waals surface area contributed by atoms with Crippen molar-refractivity contribution in [1.29, 1.82) is 0 Å². The van der Waals surface area contributed by atoms with Gasteiger partial charge in [-0.3, -0.25) is 9.59 Å². The smallest absolute Gasteiger partial charge is 0.305 e. The Bertz CT molecular complexity index is 198. The Morgan fingerprint density at radius 2 is 1.33 bits per heavy atom. The Morgan fingerprint density at radius 3 is 1.80 bits per heavy atom. The van der Waals surface area contributed by atoms with Crippen molar-refractivity contribution in [2.45, 2.75) is 19.3 Å². The van der Waals surface area contributed by atoms with Crippen molar-refractivity contribution in [2.24, 2.45) is 0 Å². The fraction of sp³-hybridized carbons (Fsp3) is 0.778. The van der Waals surface area contributed by atoms with Crippen molar-refractivity contribution in [2.75, 3.05) is 24.7 Å². The van der Waals surface area contributed by atoms with Crippen LogP contribution in [0.25, 0.3) is 0 Å². The van der Waals surface area contributed by atoms with Crippen molar-refractivity contribution < 1.29 is 19.1 Å². The number of carbonyl (C=O) groups is 2. The Kier molecular flexibility index (Phi) is 6.67. The first-order valence-electron chi connectivity index (χ1n) is 4.84. The van der Waals surface area contributed by atoms with E-state index in [-0.39, 0.29) is 11.9 Å². The van der Waals surface area contributed by atoms with Gasteiger partial charge in [-0.25, -0.2) is 0 Å². The maximum atomic E-state index is 11.1. The van der Waals surface area contributed by atoms with Crippen LogP contribution in [0.3, 0.4) is 0 Å². The third-order valence-electron chi connectivity index (χ3n) is 1.70. The van der Waals surface area contributed by atoms with Crippen molar-refractivity contribution in [3.8, 4) is 0 Å². The molecule has 4 nitrogen and oxygen atoms in total. The molecule has 1 fully saturated rings. The number of cyclic esters (lactones) is 2. The lowest BCUT2D eigenvalue weighted by molar-refractivity contribution is -0.144. The molecule has 0 bridgehead atoms. The SMILES string of the molecule is O=C1CCCC(=O)OCCSSCCO1. The molecule has 0 aromatic heterocycles. The molecule has 0 unspecified atom stereocenters. The van der Waals surface area contributed by atoms with E-state index in [0.717, 1.165) is 11.5 Å². The number of hydrogen-bond donors (Lipinski definition) is 0. The van der Waals surface area contributed by atoms with Gasteiger partial charge in [0.2, 0.25) is 0 Å². The number of rotatable bonds is 0. The minimum absolute atomic E-state index is 0.229. The largest absolute Gasteiger partial charge is 0.465 e. The molecular weight excluding hydrogens is 236 g/mol. The van der Waals surface area contributed by atoms with Gasteiger partial charge in [-0.05, 0) is 6.42 Å². The molecule has 0 atom stereocenters. The van der Waals surface area contributed by atoms with Crippen LogP contribution >= 0.6 is 21.6 Å². The van der Waals surface area contributed by atoms with Gasteiger partial charge in [-0.2, -0.15) is 0 Å². The van der Waals surface area contributed by atoms with E-state index in [1.165, 1.54) is 0 Å². The van der Waals surface area contributed by atoms with Crippen LogP contribution in [-0.4, -0.2) is 36.7 Å². The molecule has 15 heavy (non-hydrogen) atoms. The van der Waals surface area contributed by atoms with Crippen LogP contribution in [0.4, 0.5) is 0 Å². The molecule has 0 aromatic carbocycles. The summed E-state index contributed by atoms with van der Waals surface area (Å²) in [4.78, 5) is 22.2. The van der Waals surface area contributed by atoms with Gasteiger partial charge in [-0.15, -0.1) is 0 Å². The maximum absolute atomic E-state index is 11.1. The zero-order valence-electron chi connectivity index (χ0n) is 8.40. The predicted octanol–water partition coefficient (Wildman–Crippen LogP) is 1.64. The number of ether oxygens (including phenoxy) is 2. The van der Waals surface area contributed by atoms with Crippen LogP contribution in [0.1, 0.15) is 19.3 Å². The summed E-state index contributed by atoms with van der Waals surface area (Å²) in [5.41, 5.74) is 0. The van der Waals surface area contributed by atoms with Crippen LogP contribution in [-0.2, 0) is 19.1 Å². The molecule has 0 radical (unpaired) electrons. The minimum Gasteiger partial charge on any atom is -0.465 e. The van der Waals surface area contributed by atoms with Gasteiger partial charge < -0.3 is 9.47 Å². The number of esters is 2. The van der Waals surface area contributed by atoms with Crippen LogP contribution in [0.2, 0.25) is 0 Å². The zero-order chi connectivity index (χ0) is 10.9. The summed E-state index contributed by atoms with van der Waals surface area (Å²) in [6, 6.07) is 0. The molecule has 1 aliphatic rings. The third kappa shape index (κ3) is 6.67. The molecule has 0 amide bonds. The number of hydrogen-bond acceptors (Lipinski definition) is 6. The van der Waals surface area contributed by atoms with E-state index in [1.807, 2.05) is 0 Å². The van der Waals surface area contributed by atoms with Gasteiger partial charge in [-0.1, -0.05) is 21.6 Å². The average molecular weight is 250 g/mol. The van der Waals surface area contributed by atoms with Crippen molar-refractivity contribution in [1.82, 2.24) is 0 Å². The Balaban J connectivity index is 2.27. The minimum atomic E-state index is -0.229. The summed E-state index contributed by atoms with van der Waals surface area (Å²) in [5.74, 6) is 1.11. The molecule has 0 N–H and O–H groups in total. The molecular formula is C9H14O4S2. The third-order valence-corrected chi connectivity index (χ3v) is 4.04. The zero-order valence-corrected chi connectivity index (χ0v) is 10.0. The molecule has 1 heterocycles. The quantitative estimate of drug-likeness (QED) is 0.481. The van der Waals surface area contributed by atoms with E-state index in [1.54, 1.807) is 21.6 Å². The van der Waals surface area contributed by atoms with Crippen LogP contribution in [0, 0.1) is 0 Å². The normalized spacial score (nSPS) is 21.6. The highest BCUT2D eigenvalue weighted by atomic mass is 33.1. The molecule has 1 rings (SSSR count). The van der Waals surface area contributed by atoms with Crippen molar-refractivity contribution in [3.63, 3.8) is 0 Å². The summed E-state index contributed by atoms with van der Waals surface area (Å²) in [6.07, 6.45) is 1.11. The maximum Gasteiger partial charge on any atom is 0.305 e. The molecule has 1 aliphatic heterocycles. The first kappa shape index (κ1) is 12.7. The average Bonchev–Trinajstić information content (AvgIpc) is 2.22. The first-order valence-corrected chi connectivity index (χ1v) is 7.33. The van der Waals surface area contributed by atoms with Gasteiger partial charge in [0.1, 0.15) is 13.2 Å². The highest BCUT2D eigenvalue weighted by Gasteiger charge is 2.08. The molecule has 0 aromatic rings.